The van der Waals surface area contributed by atoms with Gasteiger partial charge < -0.3 is 24.0 Å². The molecule has 1 atom stereocenters. The van der Waals surface area contributed by atoms with Crippen molar-refractivity contribution in [2.45, 2.75) is 60.0 Å². The number of esters is 1. The van der Waals surface area contributed by atoms with Gasteiger partial charge in [0.1, 0.15) is 11.5 Å². The molecule has 2 heterocycles. The second kappa shape index (κ2) is 13.1. The summed E-state index contributed by atoms with van der Waals surface area (Å²) in [6.45, 7) is 17.2. The number of hydrogen-bond donors (Lipinski definition) is 0. The molecule has 3 aromatic rings. The molecule has 0 N–H and O–H groups in total. The van der Waals surface area contributed by atoms with Crippen LogP contribution in [0.5, 0.6) is 11.5 Å². The number of fused-ring (bicyclic) bond motifs is 1. The molecule has 1 aliphatic heterocycles. The van der Waals surface area contributed by atoms with E-state index in [1.165, 1.54) is 0 Å². The van der Waals surface area contributed by atoms with E-state index in [1.54, 1.807) is 18.5 Å². The topological polar surface area (TPSA) is 64.1 Å². The average molecular weight is 546 g/mol. The van der Waals surface area contributed by atoms with Gasteiger partial charge in [-0.3, -0.25) is 4.98 Å². The third-order valence-electron chi connectivity index (χ3n) is 7.67. The largest absolute Gasteiger partial charge is 0.493 e. The first kappa shape index (κ1) is 29.2. The van der Waals surface area contributed by atoms with Crippen molar-refractivity contribution in [1.82, 2.24) is 4.98 Å². The Morgan fingerprint density at radius 1 is 0.775 bits per heavy atom. The molecule has 0 radical (unpaired) electrons. The number of pyridine rings is 1. The third kappa shape index (κ3) is 5.34. The summed E-state index contributed by atoms with van der Waals surface area (Å²) in [5.41, 5.74) is 3.53. The molecule has 1 unspecified atom stereocenters. The molecule has 1 aromatic heterocycles. The fourth-order valence-corrected chi connectivity index (χ4v) is 5.54. The molecule has 7 heteroatoms. The van der Waals surface area contributed by atoms with Crippen LogP contribution in [0.15, 0.2) is 54.9 Å². The molecule has 4 rings (SSSR count). The zero-order chi connectivity index (χ0) is 28.7. The first-order valence-electron chi connectivity index (χ1n) is 14.7. The van der Waals surface area contributed by atoms with Crippen LogP contribution in [0.3, 0.4) is 0 Å². The van der Waals surface area contributed by atoms with Crippen LogP contribution >= 0.6 is 0 Å². The summed E-state index contributed by atoms with van der Waals surface area (Å²) in [5, 5.41) is 0. The van der Waals surface area contributed by atoms with Gasteiger partial charge in [0, 0.05) is 78.8 Å². The quantitative estimate of drug-likeness (QED) is 0.163. The Morgan fingerprint density at radius 2 is 1.35 bits per heavy atom. The molecule has 7 nitrogen and oxygen atoms in total. The van der Waals surface area contributed by atoms with Crippen LogP contribution in [-0.2, 0) is 10.3 Å². The maximum atomic E-state index is 13.5. The van der Waals surface area contributed by atoms with Crippen LogP contribution in [0.2, 0.25) is 0 Å². The Hall–Kier alpha value is -3.74. The maximum Gasteiger partial charge on any atom is 0.340 e. The van der Waals surface area contributed by atoms with Crippen molar-refractivity contribution in [2.24, 2.45) is 0 Å². The standard InChI is InChI=1S/C33H43N3O4/c1-7-13-20-39-31-22-25(36(10-4)11-5)15-17-28(31)33(29-23-34-19-18-26(29)32(37)40-33)27-16-14-24(35(8-2)9-3)21-30(27)38-12-6/h14-19,21-23H,7-13,20H2,1-6H3. The van der Waals surface area contributed by atoms with Gasteiger partial charge in [-0.1, -0.05) is 13.3 Å². The minimum absolute atomic E-state index is 0.389. The lowest BCUT2D eigenvalue weighted by molar-refractivity contribution is 0.0235. The molecule has 0 saturated carbocycles. The van der Waals surface area contributed by atoms with Crippen molar-refractivity contribution in [3.05, 3.63) is 77.1 Å². The molecular formula is C33H43N3O4. The summed E-state index contributed by atoms with van der Waals surface area (Å²) < 4.78 is 19.2. The highest BCUT2D eigenvalue weighted by Crippen LogP contribution is 2.53. The van der Waals surface area contributed by atoms with E-state index in [0.717, 1.165) is 61.5 Å². The van der Waals surface area contributed by atoms with Crippen molar-refractivity contribution in [1.29, 1.82) is 0 Å². The van der Waals surface area contributed by atoms with Gasteiger partial charge in [-0.2, -0.15) is 0 Å². The van der Waals surface area contributed by atoms with Gasteiger partial charge in [0.2, 0.25) is 0 Å². The predicted molar refractivity (Wildman–Crippen MR) is 161 cm³/mol. The van der Waals surface area contributed by atoms with Crippen LogP contribution in [0.25, 0.3) is 0 Å². The van der Waals surface area contributed by atoms with Crippen LogP contribution < -0.4 is 19.3 Å². The van der Waals surface area contributed by atoms with Crippen molar-refractivity contribution in [2.75, 3.05) is 49.2 Å². The molecule has 0 bridgehead atoms. The Bertz CT molecular complexity index is 1300. The van der Waals surface area contributed by atoms with Gasteiger partial charge in [0.15, 0.2) is 5.60 Å². The number of unbranched alkanes of at least 4 members (excludes halogenated alkanes) is 1. The molecule has 0 saturated heterocycles. The first-order chi connectivity index (χ1) is 19.5. The number of aromatic nitrogens is 1. The molecule has 214 valence electrons. The van der Waals surface area contributed by atoms with Crippen LogP contribution in [-0.4, -0.2) is 50.3 Å². The molecule has 0 aliphatic carbocycles. The van der Waals surface area contributed by atoms with Crippen molar-refractivity contribution < 1.29 is 19.0 Å². The number of carbonyl (C=O) groups excluding carboxylic acids is 1. The number of benzene rings is 2. The van der Waals surface area contributed by atoms with E-state index in [0.29, 0.717) is 35.8 Å². The number of anilines is 2. The predicted octanol–water partition coefficient (Wildman–Crippen LogP) is 6.81. The minimum atomic E-state index is -1.28. The molecule has 1 aliphatic rings. The van der Waals surface area contributed by atoms with E-state index in [2.05, 4.69) is 73.7 Å². The summed E-state index contributed by atoms with van der Waals surface area (Å²) in [6, 6.07) is 14.1. The van der Waals surface area contributed by atoms with Gasteiger partial charge in [-0.25, -0.2) is 4.79 Å². The number of hydrogen-bond acceptors (Lipinski definition) is 7. The Kier molecular flexibility index (Phi) is 9.56. The number of rotatable bonds is 14. The van der Waals surface area contributed by atoms with Crippen LogP contribution in [0, 0.1) is 0 Å². The first-order valence-corrected chi connectivity index (χ1v) is 14.7. The minimum Gasteiger partial charge on any atom is -0.493 e. The number of nitrogens with zero attached hydrogens (tertiary/aromatic N) is 3. The molecule has 0 fully saturated rings. The van der Waals surface area contributed by atoms with Gasteiger partial charge in [0.25, 0.3) is 0 Å². The summed E-state index contributed by atoms with van der Waals surface area (Å²) in [4.78, 5) is 22.4. The zero-order valence-electron chi connectivity index (χ0n) is 24.8. The van der Waals surface area contributed by atoms with E-state index in [1.807, 2.05) is 19.1 Å². The Morgan fingerprint density at radius 3 is 1.88 bits per heavy atom. The number of ether oxygens (including phenoxy) is 3. The number of carbonyl (C=O) groups is 1. The highest BCUT2D eigenvalue weighted by Gasteiger charge is 2.52. The lowest BCUT2D eigenvalue weighted by Crippen LogP contribution is -2.32. The van der Waals surface area contributed by atoms with Gasteiger partial charge >= 0.3 is 5.97 Å². The Labute approximate surface area is 239 Å². The summed E-state index contributed by atoms with van der Waals surface area (Å²) in [5.74, 6) is 0.973. The second-order valence-corrected chi connectivity index (χ2v) is 9.83. The van der Waals surface area contributed by atoms with E-state index in [4.69, 9.17) is 14.2 Å². The zero-order valence-corrected chi connectivity index (χ0v) is 24.8. The molecule has 0 spiro atoms. The lowest BCUT2D eigenvalue weighted by Gasteiger charge is -2.34. The highest BCUT2D eigenvalue weighted by atomic mass is 16.6. The molecule has 0 amide bonds. The summed E-state index contributed by atoms with van der Waals surface area (Å²) in [7, 11) is 0. The average Bonchev–Trinajstić information content (AvgIpc) is 3.28. The van der Waals surface area contributed by atoms with Crippen molar-refractivity contribution >= 4 is 17.3 Å². The van der Waals surface area contributed by atoms with E-state index >= 15 is 0 Å². The van der Waals surface area contributed by atoms with Crippen LogP contribution in [0.4, 0.5) is 11.4 Å². The fraction of sp³-hybridized carbons (Fsp3) is 0.455. The smallest absolute Gasteiger partial charge is 0.340 e. The van der Waals surface area contributed by atoms with E-state index in [-0.39, 0.29) is 5.97 Å². The van der Waals surface area contributed by atoms with Crippen molar-refractivity contribution in [3.8, 4) is 11.5 Å². The van der Waals surface area contributed by atoms with Gasteiger partial charge in [-0.15, -0.1) is 0 Å². The van der Waals surface area contributed by atoms with Gasteiger partial charge in [-0.05, 0) is 71.4 Å². The molecule has 40 heavy (non-hydrogen) atoms. The third-order valence-corrected chi connectivity index (χ3v) is 7.67. The Balaban J connectivity index is 2.03. The van der Waals surface area contributed by atoms with Crippen LogP contribution in [0.1, 0.15) is 81.4 Å². The molecule has 2 aromatic carbocycles. The normalized spacial score (nSPS) is 15.9. The number of cyclic esters (lactones) is 1. The van der Waals surface area contributed by atoms with E-state index < -0.39 is 5.60 Å². The van der Waals surface area contributed by atoms with E-state index in [9.17, 15) is 4.79 Å². The molecular weight excluding hydrogens is 502 g/mol. The SMILES string of the molecule is CCCCOc1cc(N(CC)CC)ccc1C1(c2ccc(N(CC)CC)cc2OCC)OC(=O)c2ccncc21. The highest BCUT2D eigenvalue weighted by molar-refractivity contribution is 5.96. The maximum absolute atomic E-state index is 13.5. The van der Waals surface area contributed by atoms with Gasteiger partial charge in [0.05, 0.1) is 18.8 Å². The second-order valence-electron chi connectivity index (χ2n) is 9.83. The summed E-state index contributed by atoms with van der Waals surface area (Å²) in [6.07, 6.45) is 5.30. The fourth-order valence-electron chi connectivity index (χ4n) is 5.54. The lowest BCUT2D eigenvalue weighted by atomic mass is 9.79. The monoisotopic (exact) mass is 545 g/mol. The summed E-state index contributed by atoms with van der Waals surface area (Å²) >= 11 is 0. The van der Waals surface area contributed by atoms with Crippen molar-refractivity contribution in [3.63, 3.8) is 0 Å².